The molecule has 2 heterocycles. The molecule has 6 rings (SSSR count). The molecule has 0 bridgehead atoms. The summed E-state index contributed by atoms with van der Waals surface area (Å²) in [7, 11) is 3.09. The van der Waals surface area contributed by atoms with Crippen LogP contribution in [-0.4, -0.2) is 31.4 Å². The Balaban J connectivity index is 1.50. The SMILES string of the molecule is CCOC(=O)C1=C(C)N=c2s/c(=C\c3cc(I)cc(I)c3OCc3cccc4ccccc34)c(=O)n2[C@H]1c1cc(OC)c(OC)cc1Br. The Kier molecular flexibility index (Phi) is 10.6. The predicted octanol–water partition coefficient (Wildman–Crippen LogP) is 7.52. The van der Waals surface area contributed by atoms with Crippen molar-refractivity contribution in [3.8, 4) is 17.2 Å². The number of nitrogens with zero attached hydrogens (tertiary/aromatic N) is 2. The van der Waals surface area contributed by atoms with Gasteiger partial charge in [-0.1, -0.05) is 69.7 Å². The molecule has 0 spiro atoms. The molecule has 0 saturated heterocycles. The van der Waals surface area contributed by atoms with Gasteiger partial charge in [-0.15, -0.1) is 0 Å². The van der Waals surface area contributed by atoms with Crippen LogP contribution in [0.25, 0.3) is 16.8 Å². The van der Waals surface area contributed by atoms with E-state index in [1.54, 1.807) is 37.7 Å². The van der Waals surface area contributed by atoms with Crippen molar-refractivity contribution in [1.82, 2.24) is 4.57 Å². The number of ether oxygens (including phenoxy) is 4. The van der Waals surface area contributed by atoms with E-state index in [-0.39, 0.29) is 17.7 Å². The van der Waals surface area contributed by atoms with Crippen LogP contribution in [0.3, 0.4) is 0 Å². The number of esters is 1. The third-order valence-corrected chi connectivity index (χ3v) is 11.0. The summed E-state index contributed by atoms with van der Waals surface area (Å²) < 4.78 is 27.6. The van der Waals surface area contributed by atoms with Gasteiger partial charge in [0.15, 0.2) is 16.3 Å². The Hall–Kier alpha value is -3.21. The fourth-order valence-electron chi connectivity index (χ4n) is 5.71. The van der Waals surface area contributed by atoms with Crippen molar-refractivity contribution in [3.05, 3.63) is 126 Å². The van der Waals surface area contributed by atoms with Crippen LogP contribution in [-0.2, 0) is 16.1 Å². The molecular weight excluding hydrogens is 922 g/mol. The Labute approximate surface area is 316 Å². The summed E-state index contributed by atoms with van der Waals surface area (Å²) in [6.07, 6.45) is 1.84. The third-order valence-electron chi connectivity index (χ3n) is 7.89. The number of methoxy groups -OCH3 is 2. The van der Waals surface area contributed by atoms with Crippen molar-refractivity contribution < 1.29 is 23.7 Å². The average Bonchev–Trinajstić information content (AvgIpc) is 3.37. The minimum atomic E-state index is -0.838. The van der Waals surface area contributed by atoms with E-state index in [2.05, 4.69) is 85.4 Å². The highest BCUT2D eigenvalue weighted by molar-refractivity contribution is 14.1. The molecule has 1 aromatic heterocycles. The number of benzene rings is 4. The lowest BCUT2D eigenvalue weighted by atomic mass is 9.95. The van der Waals surface area contributed by atoms with Gasteiger partial charge >= 0.3 is 5.97 Å². The normalized spacial score (nSPS) is 14.5. The minimum absolute atomic E-state index is 0.173. The highest BCUT2D eigenvalue weighted by atomic mass is 127. The van der Waals surface area contributed by atoms with Crippen molar-refractivity contribution in [2.45, 2.75) is 26.5 Å². The summed E-state index contributed by atoms with van der Waals surface area (Å²) in [5.41, 5.74) is 2.90. The first-order valence-electron chi connectivity index (χ1n) is 14.8. The van der Waals surface area contributed by atoms with Gasteiger partial charge in [-0.25, -0.2) is 9.79 Å². The van der Waals surface area contributed by atoms with Crippen molar-refractivity contribution >= 4 is 95.3 Å². The second-order valence-corrected chi connectivity index (χ2v) is 15.0. The van der Waals surface area contributed by atoms with Crippen LogP contribution >= 0.6 is 72.4 Å². The molecule has 4 aromatic carbocycles. The first kappa shape index (κ1) is 34.6. The molecule has 1 atom stereocenters. The zero-order chi connectivity index (χ0) is 34.1. The molecule has 0 fully saturated rings. The fraction of sp³-hybridized carbons (Fsp3) is 0.194. The van der Waals surface area contributed by atoms with E-state index in [0.717, 1.165) is 29.0 Å². The standard InChI is InChI=1S/C36H29BrI2N2O6S/c1-5-46-35(43)31-19(2)40-36-41(32(31)25-16-28(44-3)29(45-4)17-26(25)37)34(42)30(48-36)14-22-13-23(38)15-27(39)33(22)47-18-21-11-8-10-20-9-6-7-12-24(20)21/h6-17,32H,5,18H2,1-4H3/b30-14-/t32-/m0/s1. The van der Waals surface area contributed by atoms with Gasteiger partial charge in [-0.2, -0.15) is 0 Å². The molecular formula is C36H29BrI2N2O6S. The van der Waals surface area contributed by atoms with Gasteiger partial charge in [-0.3, -0.25) is 9.36 Å². The Morgan fingerprint density at radius 2 is 1.77 bits per heavy atom. The smallest absolute Gasteiger partial charge is 0.338 e. The Morgan fingerprint density at radius 1 is 1.04 bits per heavy atom. The molecule has 48 heavy (non-hydrogen) atoms. The Morgan fingerprint density at radius 3 is 2.52 bits per heavy atom. The van der Waals surface area contributed by atoms with Crippen molar-refractivity contribution in [2.24, 2.45) is 4.99 Å². The first-order valence-corrected chi connectivity index (χ1v) is 18.6. The molecule has 1 aliphatic rings. The van der Waals surface area contributed by atoms with Crippen LogP contribution in [0.1, 0.15) is 36.6 Å². The lowest BCUT2D eigenvalue weighted by Crippen LogP contribution is -2.40. The topological polar surface area (TPSA) is 88.4 Å². The maximum atomic E-state index is 14.4. The summed E-state index contributed by atoms with van der Waals surface area (Å²) in [6, 6.07) is 21.1. The van der Waals surface area contributed by atoms with Gasteiger partial charge in [0.05, 0.1) is 46.2 Å². The monoisotopic (exact) mass is 950 g/mol. The third kappa shape index (κ3) is 6.68. The van der Waals surface area contributed by atoms with Crippen LogP contribution < -0.4 is 29.1 Å². The van der Waals surface area contributed by atoms with Crippen LogP contribution in [0.4, 0.5) is 0 Å². The quantitative estimate of drug-likeness (QED) is 0.112. The maximum absolute atomic E-state index is 14.4. The molecule has 5 aromatic rings. The van der Waals surface area contributed by atoms with Gasteiger partial charge < -0.3 is 18.9 Å². The molecule has 8 nitrogen and oxygen atoms in total. The second-order valence-electron chi connectivity index (χ2n) is 10.8. The summed E-state index contributed by atoms with van der Waals surface area (Å²) >= 11 is 9.46. The largest absolute Gasteiger partial charge is 0.493 e. The molecule has 0 amide bonds. The van der Waals surface area contributed by atoms with E-state index < -0.39 is 12.0 Å². The number of rotatable bonds is 9. The number of allylic oxidation sites excluding steroid dienone is 1. The molecule has 246 valence electrons. The van der Waals surface area contributed by atoms with E-state index in [0.29, 0.717) is 48.9 Å². The van der Waals surface area contributed by atoms with Crippen LogP contribution in [0, 0.1) is 7.14 Å². The fourth-order valence-corrected chi connectivity index (χ4v) is 9.34. The van der Waals surface area contributed by atoms with E-state index in [9.17, 15) is 9.59 Å². The van der Waals surface area contributed by atoms with Crippen LogP contribution in [0.5, 0.6) is 17.2 Å². The number of carbonyl (C=O) groups is 1. The van der Waals surface area contributed by atoms with E-state index in [1.807, 2.05) is 36.4 Å². The molecule has 0 N–H and O–H groups in total. The molecule has 12 heteroatoms. The van der Waals surface area contributed by atoms with Gasteiger partial charge in [0.25, 0.3) is 5.56 Å². The first-order chi connectivity index (χ1) is 23.1. The average molecular weight is 951 g/mol. The van der Waals surface area contributed by atoms with E-state index in [1.165, 1.54) is 18.4 Å². The number of carbonyl (C=O) groups excluding carboxylic acids is 1. The molecule has 1 aliphatic heterocycles. The lowest BCUT2D eigenvalue weighted by Gasteiger charge is -2.26. The zero-order valence-corrected chi connectivity index (χ0v) is 33.0. The van der Waals surface area contributed by atoms with Crippen molar-refractivity contribution in [1.29, 1.82) is 0 Å². The minimum Gasteiger partial charge on any atom is -0.493 e. The summed E-state index contributed by atoms with van der Waals surface area (Å²) in [5.74, 6) is 1.09. The highest BCUT2D eigenvalue weighted by Crippen LogP contribution is 2.41. The molecule has 0 unspecified atom stereocenters. The number of thiazole rings is 1. The van der Waals surface area contributed by atoms with Crippen molar-refractivity contribution in [3.63, 3.8) is 0 Å². The van der Waals surface area contributed by atoms with Gasteiger partial charge in [0, 0.05) is 13.6 Å². The zero-order valence-electron chi connectivity index (χ0n) is 26.3. The highest BCUT2D eigenvalue weighted by Gasteiger charge is 2.35. The summed E-state index contributed by atoms with van der Waals surface area (Å²) in [5, 5.41) is 2.27. The Bertz CT molecular complexity index is 2290. The number of hydrogen-bond acceptors (Lipinski definition) is 8. The van der Waals surface area contributed by atoms with E-state index >= 15 is 0 Å². The molecule has 0 saturated carbocycles. The number of fused-ring (bicyclic) bond motifs is 2. The number of hydrogen-bond donors (Lipinski definition) is 0. The van der Waals surface area contributed by atoms with Gasteiger partial charge in [0.2, 0.25) is 0 Å². The van der Waals surface area contributed by atoms with Crippen LogP contribution in [0.2, 0.25) is 0 Å². The molecule has 0 aliphatic carbocycles. The lowest BCUT2D eigenvalue weighted by molar-refractivity contribution is -0.139. The summed E-state index contributed by atoms with van der Waals surface area (Å²) in [4.78, 5) is 33.1. The maximum Gasteiger partial charge on any atom is 0.338 e. The van der Waals surface area contributed by atoms with Crippen LogP contribution in [0.15, 0.2) is 92.3 Å². The second kappa shape index (κ2) is 14.7. The van der Waals surface area contributed by atoms with Gasteiger partial charge in [-0.05, 0) is 111 Å². The van der Waals surface area contributed by atoms with E-state index in [4.69, 9.17) is 23.9 Å². The predicted molar refractivity (Wildman–Crippen MR) is 208 cm³/mol. The van der Waals surface area contributed by atoms with Gasteiger partial charge in [0.1, 0.15) is 12.4 Å². The summed E-state index contributed by atoms with van der Waals surface area (Å²) in [6.45, 7) is 4.03. The molecule has 0 radical (unpaired) electrons. The number of aromatic nitrogens is 1. The number of halogens is 3. The van der Waals surface area contributed by atoms with Crippen molar-refractivity contribution in [2.75, 3.05) is 20.8 Å².